The predicted octanol–water partition coefficient (Wildman–Crippen LogP) is 4.71. The maximum absolute atomic E-state index is 12.9. The second-order valence-electron chi connectivity index (χ2n) is 7.50. The molecule has 3 aromatic carbocycles. The largest absolute Gasteiger partial charge is 0.493 e. The average molecular weight is 402 g/mol. The minimum absolute atomic E-state index is 0.0190. The van der Waals surface area contributed by atoms with Crippen molar-refractivity contribution in [2.75, 3.05) is 12.0 Å². The molecule has 2 unspecified atom stereocenters. The fraction of sp³-hybridized carbons (Fsp3) is 0.240. The maximum Gasteiger partial charge on any atom is 0.260 e. The summed E-state index contributed by atoms with van der Waals surface area (Å²) < 4.78 is 11.7. The molecule has 2 atom stereocenters. The van der Waals surface area contributed by atoms with Gasteiger partial charge in [-0.25, -0.2) is 0 Å². The average Bonchev–Trinajstić information content (AvgIpc) is 3.03. The van der Waals surface area contributed by atoms with E-state index >= 15 is 0 Å². The molecule has 1 aliphatic rings. The first-order valence-electron chi connectivity index (χ1n) is 10.1. The lowest BCUT2D eigenvalue weighted by Crippen LogP contribution is -2.32. The van der Waals surface area contributed by atoms with Crippen LogP contribution < -0.4 is 20.1 Å². The second-order valence-corrected chi connectivity index (χ2v) is 7.50. The number of nitrogens with two attached hydrogens (primary N) is 1. The van der Waals surface area contributed by atoms with Crippen molar-refractivity contribution in [3.63, 3.8) is 0 Å². The number of nitrogens with zero attached hydrogens (tertiary/aromatic N) is 1. The van der Waals surface area contributed by atoms with Gasteiger partial charge in [-0.3, -0.25) is 9.69 Å². The highest BCUT2D eigenvalue weighted by molar-refractivity contribution is 6.11. The van der Waals surface area contributed by atoms with Crippen LogP contribution in [0.5, 0.6) is 11.5 Å². The lowest BCUT2D eigenvalue weighted by atomic mass is 10.1. The number of aryl methyl sites for hydroxylation is 1. The van der Waals surface area contributed by atoms with Crippen LogP contribution >= 0.6 is 0 Å². The predicted molar refractivity (Wildman–Crippen MR) is 118 cm³/mol. The van der Waals surface area contributed by atoms with E-state index in [1.54, 1.807) is 12.0 Å². The van der Waals surface area contributed by atoms with Crippen LogP contribution in [0.1, 0.15) is 41.0 Å². The third-order valence-corrected chi connectivity index (χ3v) is 5.44. The third-order valence-electron chi connectivity index (χ3n) is 5.44. The molecule has 5 nitrogen and oxygen atoms in total. The molecular weight excluding hydrogens is 376 g/mol. The molecule has 30 heavy (non-hydrogen) atoms. The van der Waals surface area contributed by atoms with E-state index < -0.39 is 6.17 Å². The van der Waals surface area contributed by atoms with E-state index in [0.717, 1.165) is 18.4 Å². The Morgan fingerprint density at radius 3 is 2.47 bits per heavy atom. The molecule has 154 valence electrons. The number of carbonyl (C=O) groups excluding carboxylic acids is 1. The number of fused-ring (bicyclic) bond motifs is 1. The Morgan fingerprint density at radius 1 is 1.00 bits per heavy atom. The number of anilines is 1. The monoisotopic (exact) mass is 402 g/mol. The van der Waals surface area contributed by atoms with Crippen LogP contribution in [0, 0.1) is 0 Å². The van der Waals surface area contributed by atoms with Crippen molar-refractivity contribution >= 4 is 11.6 Å². The summed E-state index contributed by atoms with van der Waals surface area (Å²) in [4.78, 5) is 14.5. The molecule has 4 rings (SSSR count). The van der Waals surface area contributed by atoms with Crippen LogP contribution in [-0.4, -0.2) is 19.1 Å². The fourth-order valence-corrected chi connectivity index (χ4v) is 3.82. The number of carbonyl (C=O) groups is 1. The van der Waals surface area contributed by atoms with Gasteiger partial charge in [0.25, 0.3) is 5.91 Å². The molecule has 1 aliphatic heterocycles. The SMILES string of the molecule is COc1ccc(N2C(=O)c3ccccc3C2N)cc1OC(C)CCc1ccccc1. The highest BCUT2D eigenvalue weighted by Crippen LogP contribution is 2.39. The van der Waals surface area contributed by atoms with Crippen molar-refractivity contribution in [2.24, 2.45) is 5.73 Å². The molecule has 0 saturated heterocycles. The van der Waals surface area contributed by atoms with Crippen molar-refractivity contribution < 1.29 is 14.3 Å². The van der Waals surface area contributed by atoms with E-state index in [9.17, 15) is 4.79 Å². The van der Waals surface area contributed by atoms with Gasteiger partial charge in [-0.15, -0.1) is 0 Å². The zero-order valence-corrected chi connectivity index (χ0v) is 17.2. The number of rotatable bonds is 7. The van der Waals surface area contributed by atoms with Crippen LogP contribution in [0.4, 0.5) is 5.69 Å². The van der Waals surface area contributed by atoms with Crippen LogP contribution in [0.25, 0.3) is 0 Å². The van der Waals surface area contributed by atoms with Crippen molar-refractivity contribution in [2.45, 2.75) is 32.0 Å². The molecule has 0 fully saturated rings. The maximum atomic E-state index is 12.9. The third kappa shape index (κ3) is 3.89. The van der Waals surface area contributed by atoms with Crippen molar-refractivity contribution in [3.05, 3.63) is 89.5 Å². The Balaban J connectivity index is 1.53. The lowest BCUT2D eigenvalue weighted by Gasteiger charge is -2.24. The van der Waals surface area contributed by atoms with E-state index in [1.807, 2.05) is 67.6 Å². The quantitative estimate of drug-likeness (QED) is 0.621. The van der Waals surface area contributed by atoms with E-state index in [-0.39, 0.29) is 12.0 Å². The molecule has 1 heterocycles. The summed E-state index contributed by atoms with van der Waals surface area (Å²) in [6.07, 6.45) is 1.25. The van der Waals surface area contributed by atoms with Crippen LogP contribution in [-0.2, 0) is 6.42 Å². The van der Waals surface area contributed by atoms with Gasteiger partial charge in [-0.05, 0) is 43.5 Å². The van der Waals surface area contributed by atoms with E-state index in [0.29, 0.717) is 22.7 Å². The van der Waals surface area contributed by atoms with E-state index in [2.05, 4.69) is 12.1 Å². The Bertz CT molecular complexity index is 1040. The normalized spacial score (nSPS) is 16.3. The summed E-state index contributed by atoms with van der Waals surface area (Å²) in [5.41, 5.74) is 9.82. The van der Waals surface area contributed by atoms with Gasteiger partial charge in [0.15, 0.2) is 11.5 Å². The van der Waals surface area contributed by atoms with E-state index in [1.165, 1.54) is 5.56 Å². The molecule has 0 radical (unpaired) electrons. The van der Waals surface area contributed by atoms with Gasteiger partial charge in [0.2, 0.25) is 0 Å². The lowest BCUT2D eigenvalue weighted by molar-refractivity contribution is 0.0991. The number of hydrogen-bond acceptors (Lipinski definition) is 4. The molecule has 3 aromatic rings. The molecule has 0 aliphatic carbocycles. The highest BCUT2D eigenvalue weighted by Gasteiger charge is 2.35. The van der Waals surface area contributed by atoms with Crippen LogP contribution in [0.2, 0.25) is 0 Å². The Labute approximate surface area is 177 Å². The van der Waals surface area contributed by atoms with Gasteiger partial charge in [-0.1, -0.05) is 48.5 Å². The van der Waals surface area contributed by atoms with Gasteiger partial charge < -0.3 is 15.2 Å². The van der Waals surface area contributed by atoms with Gasteiger partial charge in [0.1, 0.15) is 6.17 Å². The molecule has 0 saturated carbocycles. The number of amides is 1. The first-order valence-corrected chi connectivity index (χ1v) is 10.1. The number of methoxy groups -OCH3 is 1. The summed E-state index contributed by atoms with van der Waals surface area (Å²) in [6.45, 7) is 2.04. The first-order chi connectivity index (χ1) is 14.6. The van der Waals surface area contributed by atoms with Gasteiger partial charge in [0.05, 0.1) is 13.2 Å². The fourth-order valence-electron chi connectivity index (χ4n) is 3.82. The molecule has 1 amide bonds. The minimum atomic E-state index is -0.523. The van der Waals surface area contributed by atoms with Crippen molar-refractivity contribution in [3.8, 4) is 11.5 Å². The Hall–Kier alpha value is -3.31. The topological polar surface area (TPSA) is 64.8 Å². The summed E-state index contributed by atoms with van der Waals surface area (Å²) >= 11 is 0. The summed E-state index contributed by atoms with van der Waals surface area (Å²) in [5.74, 6) is 1.13. The van der Waals surface area contributed by atoms with Gasteiger partial charge in [-0.2, -0.15) is 0 Å². The Kier molecular flexibility index (Phi) is 5.72. The molecule has 0 bridgehead atoms. The number of benzene rings is 3. The van der Waals surface area contributed by atoms with E-state index in [4.69, 9.17) is 15.2 Å². The molecule has 2 N–H and O–H groups in total. The molecular formula is C25H26N2O3. The standard InChI is InChI=1S/C25H26N2O3/c1-17(12-13-18-8-4-3-5-9-18)30-23-16-19(14-15-22(23)29-2)27-24(26)20-10-6-7-11-21(20)25(27)28/h3-11,14-17,24H,12-13,26H2,1-2H3. The summed E-state index contributed by atoms with van der Waals surface area (Å²) in [6, 6.07) is 23.3. The zero-order valence-electron chi connectivity index (χ0n) is 17.2. The second kappa shape index (κ2) is 8.59. The van der Waals surface area contributed by atoms with Crippen LogP contribution in [0.15, 0.2) is 72.8 Å². The molecule has 0 spiro atoms. The Morgan fingerprint density at radius 2 is 1.73 bits per heavy atom. The smallest absolute Gasteiger partial charge is 0.260 e. The minimum Gasteiger partial charge on any atom is -0.493 e. The van der Waals surface area contributed by atoms with Crippen LogP contribution in [0.3, 0.4) is 0 Å². The van der Waals surface area contributed by atoms with Gasteiger partial charge in [0, 0.05) is 22.9 Å². The zero-order chi connectivity index (χ0) is 21.1. The summed E-state index contributed by atoms with van der Waals surface area (Å²) in [7, 11) is 1.61. The first kappa shape index (κ1) is 20.0. The summed E-state index contributed by atoms with van der Waals surface area (Å²) in [5, 5.41) is 0. The molecule has 0 aromatic heterocycles. The molecule has 5 heteroatoms. The van der Waals surface area contributed by atoms with Crippen molar-refractivity contribution in [1.82, 2.24) is 0 Å². The van der Waals surface area contributed by atoms with Crippen molar-refractivity contribution in [1.29, 1.82) is 0 Å². The number of ether oxygens (including phenoxy) is 2. The highest BCUT2D eigenvalue weighted by atomic mass is 16.5. The number of hydrogen-bond donors (Lipinski definition) is 1. The van der Waals surface area contributed by atoms with Gasteiger partial charge >= 0.3 is 0 Å².